The number of carbonyl (C=O) groups excluding carboxylic acids is 1. The van der Waals surface area contributed by atoms with Crippen molar-refractivity contribution in [2.24, 2.45) is 11.7 Å². The third kappa shape index (κ3) is 20.1. The minimum atomic E-state index is -5.10. The molecule has 0 aliphatic rings. The van der Waals surface area contributed by atoms with Gasteiger partial charge < -0.3 is 29.3 Å². The van der Waals surface area contributed by atoms with E-state index in [1.54, 1.807) is 0 Å². The maximum Gasteiger partial charge on any atom is 0.266 e. The molecule has 8 nitrogen and oxygen atoms in total. The van der Waals surface area contributed by atoms with Gasteiger partial charge in [-0.25, -0.2) is 0 Å². The molecule has 1 amide bonds. The van der Waals surface area contributed by atoms with Crippen LogP contribution in [-0.2, 0) is 18.6 Å². The van der Waals surface area contributed by atoms with Crippen LogP contribution in [-0.4, -0.2) is 61.3 Å². The second-order valence-electron chi connectivity index (χ2n) is 12.0. The van der Waals surface area contributed by atoms with Crippen molar-refractivity contribution in [2.45, 2.75) is 135 Å². The second-order valence-corrected chi connectivity index (χ2v) is 13.1. The molecule has 0 aromatic carbocycles. The highest BCUT2D eigenvalue weighted by atomic mass is 31.2. The van der Waals surface area contributed by atoms with Crippen LogP contribution in [0.15, 0.2) is 0 Å². The van der Waals surface area contributed by atoms with Crippen molar-refractivity contribution in [3.8, 4) is 0 Å². The number of likely N-dealkylation sites (N-methyl/N-ethyl adjacent to an activating group) is 1. The predicted octanol–water partition coefficient (Wildman–Crippen LogP) is 5.70. The lowest BCUT2D eigenvalue weighted by Gasteiger charge is -2.46. The topological polar surface area (TPSA) is 122 Å². The molecule has 0 bridgehead atoms. The minimum absolute atomic E-state index is 0.00146. The lowest BCUT2D eigenvalue weighted by molar-refractivity contribution is -0.877. The van der Waals surface area contributed by atoms with Gasteiger partial charge in [0.15, 0.2) is 0 Å². The lowest BCUT2D eigenvalue weighted by Crippen LogP contribution is -2.56. The molecule has 0 fully saturated rings. The lowest BCUT2D eigenvalue weighted by atomic mass is 9.77. The number of carbonyl (C=O) groups is 1. The van der Waals surface area contributed by atoms with Gasteiger partial charge in [-0.15, -0.1) is 0 Å². The van der Waals surface area contributed by atoms with Gasteiger partial charge in [0.1, 0.15) is 12.1 Å². The van der Waals surface area contributed by atoms with Crippen LogP contribution in [0.25, 0.3) is 0 Å². The van der Waals surface area contributed by atoms with Crippen LogP contribution in [0.3, 0.4) is 0 Å². The molecule has 4 atom stereocenters. The number of hydrogen-bond donors (Lipinski definition) is 2. The average Bonchev–Trinajstić information content (AvgIpc) is 2.74. The second kappa shape index (κ2) is 19.5. The highest BCUT2D eigenvalue weighted by Gasteiger charge is 2.48. The summed E-state index contributed by atoms with van der Waals surface area (Å²) in [5.74, 6) is -0.952. The van der Waals surface area contributed by atoms with Gasteiger partial charge in [0.05, 0.1) is 27.2 Å². The monoisotopic (exact) mass is 550 g/mol. The molecular weight excluding hydrogens is 491 g/mol. The van der Waals surface area contributed by atoms with Crippen LogP contribution in [0.1, 0.15) is 124 Å². The largest absolute Gasteiger partial charge is 0.756 e. The van der Waals surface area contributed by atoms with Crippen molar-refractivity contribution in [1.29, 1.82) is 0 Å². The molecule has 0 aliphatic heterocycles. The highest BCUT2D eigenvalue weighted by molar-refractivity contribution is 7.44. The van der Waals surface area contributed by atoms with Gasteiger partial charge in [0.25, 0.3) is 7.82 Å². The Labute approximate surface area is 227 Å². The zero-order chi connectivity index (χ0) is 28.4. The summed E-state index contributed by atoms with van der Waals surface area (Å²) in [6, 6.07) is 0. The van der Waals surface area contributed by atoms with Gasteiger partial charge in [0, 0.05) is 25.4 Å². The number of amides is 1. The van der Waals surface area contributed by atoms with Gasteiger partial charge in [-0.1, -0.05) is 90.9 Å². The molecule has 0 rings (SSSR count). The number of hydrogen-bond acceptors (Lipinski definition) is 5. The summed E-state index contributed by atoms with van der Waals surface area (Å²) in [5.41, 5.74) is 4.32. The van der Waals surface area contributed by atoms with E-state index in [1.165, 1.54) is 38.5 Å². The molecule has 0 radical (unpaired) electrons. The highest BCUT2D eigenvalue weighted by Crippen LogP contribution is 2.46. The van der Waals surface area contributed by atoms with Crippen LogP contribution >= 0.6 is 7.82 Å². The number of phosphoric acid groups is 1. The average molecular weight is 551 g/mol. The fourth-order valence-electron chi connectivity index (χ4n) is 5.39. The third-order valence-electron chi connectivity index (χ3n) is 6.92. The number of quaternary nitrogens is 1. The Morgan fingerprint density at radius 2 is 1.43 bits per heavy atom. The van der Waals surface area contributed by atoms with E-state index < -0.39 is 25.2 Å². The quantitative estimate of drug-likeness (QED) is 0.0855. The van der Waals surface area contributed by atoms with Gasteiger partial charge in [0.2, 0.25) is 5.91 Å². The molecule has 0 saturated heterocycles. The number of primary amides is 1. The smallest absolute Gasteiger partial charge is 0.266 e. The molecule has 0 aromatic heterocycles. The van der Waals surface area contributed by atoms with Crippen molar-refractivity contribution >= 4 is 13.7 Å². The first kappa shape index (κ1) is 36.5. The van der Waals surface area contributed by atoms with E-state index in [1.807, 2.05) is 28.1 Å². The number of nitrogens with two attached hydrogens (primary N) is 1. The zero-order valence-electron chi connectivity index (χ0n) is 24.8. The first-order valence-electron chi connectivity index (χ1n) is 14.7. The van der Waals surface area contributed by atoms with Crippen molar-refractivity contribution < 1.29 is 32.9 Å². The van der Waals surface area contributed by atoms with E-state index in [9.17, 15) is 19.1 Å². The third-order valence-corrected chi connectivity index (χ3v) is 7.51. The van der Waals surface area contributed by atoms with Crippen LogP contribution in [0.4, 0.5) is 0 Å². The SMILES string of the molecule is CCCCCCCCCCOC(C)CC(C[N+](C)(C)C)(OP(=O)([O-])O)C(CCCCCCC)CC(N)=O. The molecule has 0 aliphatic carbocycles. The van der Waals surface area contributed by atoms with Crippen LogP contribution in [0.2, 0.25) is 0 Å². The normalized spacial score (nSPS) is 17.2. The molecule has 0 heterocycles. The number of unbranched alkanes of at least 4 members (excludes halogenated alkanes) is 11. The molecule has 9 heteroatoms. The van der Waals surface area contributed by atoms with Gasteiger partial charge in [-0.2, -0.15) is 0 Å². The van der Waals surface area contributed by atoms with E-state index in [-0.39, 0.29) is 25.5 Å². The molecule has 37 heavy (non-hydrogen) atoms. The number of ether oxygens (including phenoxy) is 1. The Kier molecular flexibility index (Phi) is 19.3. The van der Waals surface area contributed by atoms with Gasteiger partial charge >= 0.3 is 0 Å². The van der Waals surface area contributed by atoms with Gasteiger partial charge in [-0.05, 0) is 19.8 Å². The van der Waals surface area contributed by atoms with E-state index in [4.69, 9.17) is 15.0 Å². The van der Waals surface area contributed by atoms with E-state index >= 15 is 0 Å². The summed E-state index contributed by atoms with van der Waals surface area (Å²) in [6.45, 7) is 7.16. The van der Waals surface area contributed by atoms with Gasteiger partial charge in [-0.3, -0.25) is 9.36 Å². The Morgan fingerprint density at radius 3 is 1.89 bits per heavy atom. The van der Waals surface area contributed by atoms with E-state index in [0.717, 1.165) is 44.9 Å². The molecular formula is C28H59N2O6P. The zero-order valence-corrected chi connectivity index (χ0v) is 25.7. The molecule has 3 N–H and O–H groups in total. The first-order valence-corrected chi connectivity index (χ1v) is 16.2. The van der Waals surface area contributed by atoms with E-state index in [0.29, 0.717) is 17.5 Å². The Balaban J connectivity index is 5.46. The summed E-state index contributed by atoms with van der Waals surface area (Å²) >= 11 is 0. The molecule has 0 saturated carbocycles. The summed E-state index contributed by atoms with van der Waals surface area (Å²) in [4.78, 5) is 34.1. The van der Waals surface area contributed by atoms with Crippen molar-refractivity contribution in [1.82, 2.24) is 0 Å². The summed E-state index contributed by atoms with van der Waals surface area (Å²) in [5, 5.41) is 0. The van der Waals surface area contributed by atoms with Crippen LogP contribution in [0, 0.1) is 5.92 Å². The Hall–Kier alpha value is -0.500. The standard InChI is InChI=1S/C28H59N2O6P/c1-7-9-11-13-14-15-17-19-21-35-25(3)23-28(24-30(4,5)6,36-37(32,33)34)26(22-27(29)31)20-18-16-12-10-8-2/h25-26H,7-24H2,1-6H3,(H3-,29,31,32,33,34). The predicted molar refractivity (Wildman–Crippen MR) is 150 cm³/mol. The maximum absolute atomic E-state index is 12.1. The molecule has 0 aromatic rings. The Morgan fingerprint density at radius 1 is 0.946 bits per heavy atom. The first-order chi connectivity index (χ1) is 17.2. The summed E-state index contributed by atoms with van der Waals surface area (Å²) < 4.78 is 24.2. The maximum atomic E-state index is 12.1. The summed E-state index contributed by atoms with van der Waals surface area (Å²) in [7, 11) is 0.736. The van der Waals surface area contributed by atoms with Crippen molar-refractivity contribution in [3.05, 3.63) is 0 Å². The number of rotatable bonds is 25. The summed E-state index contributed by atoms with van der Waals surface area (Å²) in [6.07, 6.45) is 15.3. The van der Waals surface area contributed by atoms with Crippen molar-refractivity contribution in [3.63, 3.8) is 0 Å². The number of nitrogens with zero attached hydrogens (tertiary/aromatic N) is 1. The molecule has 222 valence electrons. The fourth-order valence-corrected chi connectivity index (χ4v) is 6.13. The van der Waals surface area contributed by atoms with Crippen molar-refractivity contribution in [2.75, 3.05) is 34.3 Å². The molecule has 4 unspecified atom stereocenters. The number of phosphoric ester groups is 1. The molecule has 0 spiro atoms. The minimum Gasteiger partial charge on any atom is -0.756 e. The van der Waals surface area contributed by atoms with Crippen LogP contribution < -0.4 is 10.6 Å². The van der Waals surface area contributed by atoms with Crippen LogP contribution in [0.5, 0.6) is 0 Å². The fraction of sp³-hybridized carbons (Fsp3) is 0.964. The Bertz CT molecular complexity index is 637. The van der Waals surface area contributed by atoms with E-state index in [2.05, 4.69) is 13.8 Å².